The summed E-state index contributed by atoms with van der Waals surface area (Å²) in [6, 6.07) is 2.56. The molecule has 0 radical (unpaired) electrons. The Morgan fingerprint density at radius 1 is 0.636 bits per heavy atom. The lowest BCUT2D eigenvalue weighted by atomic mass is 9.55. The quantitative estimate of drug-likeness (QED) is 0.0979. The Labute approximate surface area is 444 Å². The Kier molecular flexibility index (Phi) is 17.0. The Morgan fingerprint density at radius 2 is 1.13 bits per heavy atom. The standard InChI is InChI=1S/C53H74O24/c1-19-12-34(76-37-16-31(67-9)43(57)22(4)70-37)53(65)41-40(49(63)51(73-25(7)54)52(53,64)18-19)48(62)39-27(47(41)61)11-10-26(46(39)60)29-14-32(44(58)20(2)68-29)74-35-13-28(55)50(24(6)72-35)77-38-17-33(45(59)23(5)71-38)75-36-15-30(66-8)42(56)21(3)69-36/h10-12,20-24,28-38,42-45,49-51,55-60,63-65H,13-18H2,1-9H3/t20?,21?,22?,23?,24?,28?,29?,30?,31?,32?,33?,34-,35?,36?,37?,38?,42?,43?,44?,45?,49-,50?,51+,52+,53-/m1/s1. The molecule has 0 spiro atoms. The molecule has 9 N–H and O–H groups in total. The molecule has 5 saturated heterocycles. The van der Waals surface area contributed by atoms with Gasteiger partial charge in [-0.05, 0) is 47.6 Å². The zero-order valence-electron chi connectivity index (χ0n) is 44.4. The van der Waals surface area contributed by atoms with Gasteiger partial charge < -0.3 is 103 Å². The fourth-order valence-electron chi connectivity index (χ4n) is 12.6. The number of methoxy groups -OCH3 is 2. The fraction of sp³-hybridized carbons (Fsp3) is 0.755. The van der Waals surface area contributed by atoms with Crippen molar-refractivity contribution in [2.45, 2.75) is 239 Å². The van der Waals surface area contributed by atoms with E-state index in [0.29, 0.717) is 5.57 Å². The molecule has 24 heteroatoms. The molecule has 1 aromatic rings. The van der Waals surface area contributed by atoms with Gasteiger partial charge in [-0.25, -0.2) is 0 Å². The smallest absolute Gasteiger partial charge is 0.303 e. The second kappa shape index (κ2) is 22.5. The van der Waals surface area contributed by atoms with E-state index in [2.05, 4.69) is 0 Å². The highest BCUT2D eigenvalue weighted by molar-refractivity contribution is 6.29. The first-order valence-corrected chi connectivity index (χ1v) is 26.3. The van der Waals surface area contributed by atoms with E-state index in [-0.39, 0.29) is 37.7 Å². The maximum atomic E-state index is 15.0. The Balaban J connectivity index is 0.924. The molecule has 0 bridgehead atoms. The molecule has 5 aliphatic heterocycles. The Hall–Kier alpha value is -3.45. The molecule has 25 atom stereocenters. The number of ether oxygens (including phenoxy) is 12. The number of phenols is 1. The van der Waals surface area contributed by atoms with Gasteiger partial charge in [-0.1, -0.05) is 17.7 Å². The highest BCUT2D eigenvalue weighted by Crippen LogP contribution is 2.56. The number of aliphatic hydroxyl groups is 8. The summed E-state index contributed by atoms with van der Waals surface area (Å²) in [5, 5.41) is 105. The van der Waals surface area contributed by atoms with E-state index in [1.807, 2.05) is 0 Å². The maximum Gasteiger partial charge on any atom is 0.303 e. The molecule has 9 rings (SSSR count). The van der Waals surface area contributed by atoms with Crippen molar-refractivity contribution in [1.82, 2.24) is 0 Å². The van der Waals surface area contributed by atoms with Crippen LogP contribution in [0.3, 0.4) is 0 Å². The van der Waals surface area contributed by atoms with E-state index in [1.165, 1.54) is 32.4 Å². The van der Waals surface area contributed by atoms with Crippen molar-refractivity contribution in [3.63, 3.8) is 0 Å². The minimum atomic E-state index is -2.92. The molecule has 5 fully saturated rings. The van der Waals surface area contributed by atoms with Crippen LogP contribution in [0.4, 0.5) is 0 Å². The molecule has 20 unspecified atom stereocenters. The van der Waals surface area contributed by atoms with Crippen LogP contribution in [0.15, 0.2) is 34.9 Å². The molecule has 0 amide bonds. The van der Waals surface area contributed by atoms with Crippen molar-refractivity contribution in [2.24, 2.45) is 0 Å². The van der Waals surface area contributed by atoms with E-state index in [9.17, 15) is 60.3 Å². The van der Waals surface area contributed by atoms with Crippen LogP contribution in [0, 0.1) is 0 Å². The average molecular weight is 1100 g/mol. The summed E-state index contributed by atoms with van der Waals surface area (Å²) in [5.41, 5.74) is -7.75. The predicted octanol–water partition coefficient (Wildman–Crippen LogP) is -0.0490. The van der Waals surface area contributed by atoms with Gasteiger partial charge in [0, 0.05) is 81.9 Å². The van der Waals surface area contributed by atoms with Crippen LogP contribution in [0.1, 0.15) is 119 Å². The number of esters is 1. The van der Waals surface area contributed by atoms with Gasteiger partial charge >= 0.3 is 5.97 Å². The van der Waals surface area contributed by atoms with Crippen LogP contribution in [0.25, 0.3) is 0 Å². The summed E-state index contributed by atoms with van der Waals surface area (Å²) in [6.45, 7) is 10.7. The number of hydrogen-bond donors (Lipinski definition) is 9. The number of hydrogen-bond acceptors (Lipinski definition) is 24. The fourth-order valence-corrected chi connectivity index (χ4v) is 12.6. The van der Waals surface area contributed by atoms with E-state index in [4.69, 9.17) is 56.8 Å². The SMILES string of the molecule is COC1CC(OC2CC(OC3C(O)CC(OC4CC(c5ccc6c(c5O)C(=O)C5=C(C6=O)[C@]6(O)[C@H](OC7CC(OC)C(O)C(C)O7)C=C(C)C[C@]6(O)[C@@H](OC(C)=O)[C@@H]5O)OC(C)C4O)OC3C)OC(C)C2O)OC(C)C1O. The summed E-state index contributed by atoms with van der Waals surface area (Å²) >= 11 is 0. The first kappa shape index (κ1) is 58.2. The van der Waals surface area contributed by atoms with Gasteiger partial charge in [-0.2, -0.15) is 0 Å². The lowest BCUT2D eigenvalue weighted by Gasteiger charge is -2.58. The third-order valence-corrected chi connectivity index (χ3v) is 16.7. The van der Waals surface area contributed by atoms with E-state index < -0.39 is 204 Å². The summed E-state index contributed by atoms with van der Waals surface area (Å²) < 4.78 is 71.6. The van der Waals surface area contributed by atoms with E-state index in [1.54, 1.807) is 41.5 Å². The number of aromatic hydroxyl groups is 1. The van der Waals surface area contributed by atoms with Gasteiger partial charge in [-0.15, -0.1) is 0 Å². The molecular formula is C53H74O24. The molecule has 3 aliphatic carbocycles. The molecular weight excluding hydrogens is 1020 g/mol. The largest absolute Gasteiger partial charge is 0.507 e. The van der Waals surface area contributed by atoms with Gasteiger partial charge in [0.15, 0.2) is 48.4 Å². The van der Waals surface area contributed by atoms with Crippen LogP contribution in [0.5, 0.6) is 5.75 Å². The van der Waals surface area contributed by atoms with Gasteiger partial charge in [0.25, 0.3) is 0 Å². The Morgan fingerprint density at radius 3 is 1.69 bits per heavy atom. The summed E-state index contributed by atoms with van der Waals surface area (Å²) in [7, 11) is 2.86. The third kappa shape index (κ3) is 10.5. The number of aliphatic hydroxyl groups excluding tert-OH is 6. The number of carbonyl (C=O) groups is 3. The molecule has 24 nitrogen and oxygen atoms in total. The number of carbonyl (C=O) groups excluding carboxylic acids is 3. The van der Waals surface area contributed by atoms with Crippen LogP contribution in [-0.4, -0.2) is 224 Å². The van der Waals surface area contributed by atoms with Gasteiger partial charge in [0.1, 0.15) is 54.1 Å². The van der Waals surface area contributed by atoms with Crippen molar-refractivity contribution in [3.05, 3.63) is 51.6 Å². The van der Waals surface area contributed by atoms with Crippen molar-refractivity contribution in [2.75, 3.05) is 14.2 Å². The second-order valence-electron chi connectivity index (χ2n) is 21.9. The first-order valence-electron chi connectivity index (χ1n) is 26.3. The number of fused-ring (bicyclic) bond motifs is 3. The zero-order chi connectivity index (χ0) is 55.9. The van der Waals surface area contributed by atoms with Gasteiger partial charge in [-0.3, -0.25) is 14.4 Å². The second-order valence-corrected chi connectivity index (χ2v) is 21.9. The highest BCUT2D eigenvalue weighted by atomic mass is 16.7. The molecule has 77 heavy (non-hydrogen) atoms. The Bertz CT molecular complexity index is 2420. The normalized spacial score (nSPS) is 46.4. The number of phenolic OH excluding ortho intramolecular Hbond substituents is 1. The van der Waals surface area contributed by atoms with Crippen molar-refractivity contribution >= 4 is 17.5 Å². The number of Topliss-reactive ketones (excluding diaryl/α,β-unsaturated/α-hetero) is 2. The minimum Gasteiger partial charge on any atom is -0.507 e. The lowest BCUT2D eigenvalue weighted by Crippen LogP contribution is -2.76. The minimum absolute atomic E-state index is 0.0181. The molecule has 430 valence electrons. The van der Waals surface area contributed by atoms with Gasteiger partial charge in [0.05, 0.1) is 72.7 Å². The van der Waals surface area contributed by atoms with Crippen LogP contribution < -0.4 is 0 Å². The highest BCUT2D eigenvalue weighted by Gasteiger charge is 2.72. The molecule has 1 aromatic carbocycles. The lowest BCUT2D eigenvalue weighted by molar-refractivity contribution is -0.337. The van der Waals surface area contributed by atoms with Crippen molar-refractivity contribution in [1.29, 1.82) is 0 Å². The predicted molar refractivity (Wildman–Crippen MR) is 258 cm³/mol. The molecule has 5 heterocycles. The van der Waals surface area contributed by atoms with Crippen LogP contribution in [-0.2, 0) is 61.6 Å². The third-order valence-electron chi connectivity index (χ3n) is 16.7. The van der Waals surface area contributed by atoms with E-state index in [0.717, 1.165) is 6.92 Å². The van der Waals surface area contributed by atoms with E-state index >= 15 is 0 Å². The summed E-state index contributed by atoms with van der Waals surface area (Å²) in [6.07, 6.45) is -23.7. The number of ketones is 2. The topological polar surface area (TPSA) is 344 Å². The van der Waals surface area contributed by atoms with Crippen molar-refractivity contribution < 1.29 is 117 Å². The monoisotopic (exact) mass is 1090 g/mol. The molecule has 0 saturated carbocycles. The van der Waals surface area contributed by atoms with Crippen molar-refractivity contribution in [3.8, 4) is 5.75 Å². The summed E-state index contributed by atoms with van der Waals surface area (Å²) in [4.78, 5) is 42.6. The van der Waals surface area contributed by atoms with Crippen LogP contribution in [0.2, 0.25) is 0 Å². The molecule has 8 aliphatic rings. The molecule has 0 aromatic heterocycles. The number of benzene rings is 1. The first-order chi connectivity index (χ1) is 36.3. The van der Waals surface area contributed by atoms with Gasteiger partial charge in [0.2, 0.25) is 0 Å². The van der Waals surface area contributed by atoms with Crippen LogP contribution >= 0.6 is 0 Å². The average Bonchev–Trinajstić information content (AvgIpc) is 3.55. The summed E-state index contributed by atoms with van der Waals surface area (Å²) in [5.74, 6) is -3.95. The number of rotatable bonds is 12. The maximum absolute atomic E-state index is 15.0. The zero-order valence-corrected chi connectivity index (χ0v) is 44.4.